The van der Waals surface area contributed by atoms with E-state index in [9.17, 15) is 0 Å². The molecule has 1 aliphatic rings. The summed E-state index contributed by atoms with van der Waals surface area (Å²) in [5.74, 6) is 0. The van der Waals surface area contributed by atoms with Crippen LogP contribution in [0, 0.1) is 6.85 Å². The minimum absolute atomic E-state index is 0.0972. The Kier molecular flexibility index (Phi) is 1.68. The molecule has 6 heteroatoms. The summed E-state index contributed by atoms with van der Waals surface area (Å²) >= 11 is 0.695. The number of hydrogen-bond acceptors (Lipinski definition) is 5. The monoisotopic (exact) mass is 277 g/mol. The van der Waals surface area contributed by atoms with Gasteiger partial charge < -0.3 is 14.0 Å². The van der Waals surface area contributed by atoms with Crippen LogP contribution in [-0.2, 0) is 9.31 Å². The summed E-state index contributed by atoms with van der Waals surface area (Å²) in [6.07, 6.45) is 0. The van der Waals surface area contributed by atoms with E-state index in [4.69, 9.17) is 25.0 Å². The Hall–Kier alpha value is -0.585. The first kappa shape index (κ1) is 6.73. The highest BCUT2D eigenvalue weighted by Gasteiger charge is 2.52. The molecule has 100 valence electrons. The molecule has 4 nitrogen and oxygen atoms in total. The quantitative estimate of drug-likeness (QED) is 0.794. The van der Waals surface area contributed by atoms with Gasteiger partial charge in [-0.2, -0.15) is 0 Å². The van der Waals surface area contributed by atoms with Crippen LogP contribution < -0.4 is 9.51 Å². The molecule has 0 saturated carbocycles. The number of thiazole rings is 1. The molecule has 1 fully saturated rings. The van der Waals surface area contributed by atoms with Gasteiger partial charge in [0.1, 0.15) is 0 Å². The van der Waals surface area contributed by atoms with Gasteiger partial charge in [0, 0.05) is 8.22 Å². The van der Waals surface area contributed by atoms with E-state index in [2.05, 4.69) is 4.98 Å². The van der Waals surface area contributed by atoms with E-state index in [1.54, 1.807) is 27.7 Å². The van der Waals surface area contributed by atoms with Gasteiger partial charge in [-0.25, -0.2) is 4.98 Å². The molecule has 1 aliphatic heterocycles. The number of rotatable bonds is 3. The summed E-state index contributed by atoms with van der Waals surface area (Å²) in [6, 6.07) is 0. The number of aryl methyl sites for hydroxylation is 1. The Morgan fingerprint density at radius 2 is 2.06 bits per heavy atom. The van der Waals surface area contributed by atoms with E-state index in [0.717, 1.165) is 0 Å². The van der Waals surface area contributed by atoms with Crippen LogP contribution in [0.2, 0.25) is 0 Å². The Morgan fingerprint density at radius 3 is 2.61 bits per heavy atom. The zero-order chi connectivity index (χ0) is 20.3. The summed E-state index contributed by atoms with van der Waals surface area (Å²) in [5.41, 5.74) is -1.80. The number of hydrogen-bond donors (Lipinski definition) is 0. The van der Waals surface area contributed by atoms with Crippen LogP contribution in [0.15, 0.2) is 0 Å². The molecule has 0 radical (unpaired) electrons. The van der Waals surface area contributed by atoms with E-state index in [1.807, 2.05) is 0 Å². The first-order valence-electron chi connectivity index (χ1n) is 9.43. The maximum absolute atomic E-state index is 7.65. The predicted octanol–water partition coefficient (Wildman–Crippen LogP) is 2.15. The SMILES string of the molecule is [2H]C([2H])([2H])c1nc(OC([2H])([2H])C([2H])([2H])[2H])sc1B1OC(C)(C)C(C)(C)O1. The van der Waals surface area contributed by atoms with Crippen LogP contribution in [0.4, 0.5) is 0 Å². The lowest BCUT2D eigenvalue weighted by molar-refractivity contribution is 0.00578. The molecule has 1 aromatic heterocycles. The zero-order valence-corrected chi connectivity index (χ0v) is 11.5. The smallest absolute Gasteiger partial charge is 0.470 e. The highest BCUT2D eigenvalue weighted by Crippen LogP contribution is 2.37. The highest BCUT2D eigenvalue weighted by atomic mass is 32.1. The molecule has 0 amide bonds. The van der Waals surface area contributed by atoms with Crippen LogP contribution in [0.1, 0.15) is 51.2 Å². The van der Waals surface area contributed by atoms with Gasteiger partial charge >= 0.3 is 7.12 Å². The molecule has 18 heavy (non-hydrogen) atoms. The van der Waals surface area contributed by atoms with Crippen LogP contribution in [0.3, 0.4) is 0 Å². The normalized spacial score (nSPS) is 30.1. The van der Waals surface area contributed by atoms with Crippen LogP contribution >= 0.6 is 11.3 Å². The Morgan fingerprint density at radius 1 is 1.39 bits per heavy atom. The third kappa shape index (κ3) is 2.29. The topological polar surface area (TPSA) is 40.6 Å². The zero-order valence-electron chi connectivity index (χ0n) is 18.7. The lowest BCUT2D eigenvalue weighted by Gasteiger charge is -2.32. The van der Waals surface area contributed by atoms with E-state index in [1.165, 1.54) is 0 Å². The number of aromatic nitrogens is 1. The van der Waals surface area contributed by atoms with Crippen molar-refractivity contribution < 1.29 is 25.0 Å². The number of nitrogens with zero attached hydrogens (tertiary/aromatic N) is 1. The molecule has 0 spiro atoms. The van der Waals surface area contributed by atoms with Crippen molar-refractivity contribution >= 4 is 23.2 Å². The van der Waals surface area contributed by atoms with Crippen molar-refractivity contribution in [2.45, 2.75) is 52.6 Å². The Balaban J connectivity index is 2.43. The van der Waals surface area contributed by atoms with Gasteiger partial charge in [0.15, 0.2) is 0 Å². The molecule has 0 aliphatic carbocycles. The fourth-order valence-electron chi connectivity index (χ4n) is 1.51. The largest absolute Gasteiger partial charge is 0.507 e. The van der Waals surface area contributed by atoms with Crippen molar-refractivity contribution in [2.75, 3.05) is 6.56 Å². The highest BCUT2D eigenvalue weighted by molar-refractivity contribution is 7.23. The molecule has 1 aromatic rings. The Labute approximate surface area is 124 Å². The van der Waals surface area contributed by atoms with Gasteiger partial charge in [-0.3, -0.25) is 0 Å². The molecule has 0 atom stereocenters. The average Bonchev–Trinajstić information content (AvgIpc) is 2.86. The maximum Gasteiger partial charge on any atom is 0.507 e. The van der Waals surface area contributed by atoms with Crippen LogP contribution in [0.5, 0.6) is 5.19 Å². The van der Waals surface area contributed by atoms with E-state index < -0.39 is 43.8 Å². The van der Waals surface area contributed by atoms with Gasteiger partial charge in [-0.1, -0.05) is 11.3 Å². The van der Waals surface area contributed by atoms with Gasteiger partial charge in [-0.15, -0.1) is 0 Å². The van der Waals surface area contributed by atoms with E-state index >= 15 is 0 Å². The molecule has 0 bridgehead atoms. The van der Waals surface area contributed by atoms with Crippen molar-refractivity contribution in [2.24, 2.45) is 0 Å². The lowest BCUT2D eigenvalue weighted by Crippen LogP contribution is -2.41. The van der Waals surface area contributed by atoms with Gasteiger partial charge in [0.25, 0.3) is 5.19 Å². The molecular formula is C12H20BNO3S. The average molecular weight is 277 g/mol. The predicted molar refractivity (Wildman–Crippen MR) is 73.7 cm³/mol. The first-order chi connectivity index (χ1) is 11.4. The summed E-state index contributed by atoms with van der Waals surface area (Å²) in [4.78, 5) is 3.80. The second kappa shape index (κ2) is 4.51. The molecule has 2 heterocycles. The molecule has 0 unspecified atom stereocenters. The minimum atomic E-state index is -3.07. The van der Waals surface area contributed by atoms with Gasteiger partial charge in [0.05, 0.1) is 31.0 Å². The third-order valence-corrected chi connectivity index (χ3v) is 4.19. The van der Waals surface area contributed by atoms with Crippen molar-refractivity contribution in [1.82, 2.24) is 4.98 Å². The molecule has 2 rings (SSSR count). The summed E-state index contributed by atoms with van der Waals surface area (Å²) < 4.78 is 76.2. The standard InChI is InChI=1S/C12H20BNO3S/c1-7-15-10-14-8(2)9(18-10)13-16-11(3,4)12(5,6)17-13/h7H2,1-6H3/i1D3,2D3,7D2. The van der Waals surface area contributed by atoms with Crippen molar-refractivity contribution in [3.63, 3.8) is 0 Å². The Bertz CT molecular complexity index is 669. The number of ether oxygens (including phenoxy) is 1. The third-order valence-electron chi connectivity index (χ3n) is 3.24. The van der Waals surface area contributed by atoms with Crippen LogP contribution in [-0.4, -0.2) is 29.9 Å². The molecule has 1 saturated heterocycles. The second-order valence-corrected chi connectivity index (χ2v) is 5.98. The van der Waals surface area contributed by atoms with Crippen molar-refractivity contribution in [3.05, 3.63) is 5.69 Å². The maximum atomic E-state index is 7.65. The second-order valence-electron chi connectivity index (χ2n) is 4.99. The van der Waals surface area contributed by atoms with Crippen LogP contribution in [0.25, 0.3) is 0 Å². The fraction of sp³-hybridized carbons (Fsp3) is 0.750. The summed E-state index contributed by atoms with van der Waals surface area (Å²) in [6.45, 7) is -1.53. The lowest BCUT2D eigenvalue weighted by atomic mass is 9.86. The van der Waals surface area contributed by atoms with E-state index in [0.29, 0.717) is 11.3 Å². The molecule has 0 N–H and O–H groups in total. The van der Waals surface area contributed by atoms with Gasteiger partial charge in [0.2, 0.25) is 0 Å². The molecular weight excluding hydrogens is 249 g/mol. The van der Waals surface area contributed by atoms with Crippen molar-refractivity contribution in [3.8, 4) is 5.19 Å². The summed E-state index contributed by atoms with van der Waals surface area (Å²) in [5, 5.41) is -0.415. The summed E-state index contributed by atoms with van der Waals surface area (Å²) in [7, 11) is -1.04. The van der Waals surface area contributed by atoms with Gasteiger partial charge in [-0.05, 0) is 41.4 Å². The van der Waals surface area contributed by atoms with E-state index in [-0.39, 0.29) is 10.5 Å². The minimum Gasteiger partial charge on any atom is -0.470 e. The first-order valence-corrected chi connectivity index (χ1v) is 6.25. The van der Waals surface area contributed by atoms with Crippen molar-refractivity contribution in [1.29, 1.82) is 0 Å². The fourth-order valence-corrected chi connectivity index (χ4v) is 2.25. The molecule has 0 aromatic carbocycles.